The third-order valence-electron chi connectivity index (χ3n) is 1.66. The minimum atomic E-state index is -4.06. The maximum absolute atomic E-state index is 10.7. The van der Waals surface area contributed by atoms with Gasteiger partial charge in [0, 0.05) is 40.3 Å². The Balaban J connectivity index is 0.00000196. The van der Waals surface area contributed by atoms with E-state index in [4.69, 9.17) is 16.2 Å². The Morgan fingerprint density at radius 3 is 2.20 bits per heavy atom. The van der Waals surface area contributed by atoms with Crippen molar-refractivity contribution < 1.29 is 13.0 Å². The Hall–Kier alpha value is 0.220. The van der Waals surface area contributed by atoms with Crippen molar-refractivity contribution in [2.45, 2.75) is 12.3 Å². The molecule has 4 nitrogen and oxygen atoms in total. The average molecular weight is 259 g/mol. The molecule has 79 valence electrons. The second-order valence-electron chi connectivity index (χ2n) is 2.81. The van der Waals surface area contributed by atoms with Crippen LogP contribution in [0.3, 0.4) is 0 Å². The van der Waals surface area contributed by atoms with Crippen LogP contribution in [0, 0.1) is 0 Å². The number of rotatable bonds is 3. The summed E-state index contributed by atoms with van der Waals surface area (Å²) in [7, 11) is -4.06. The Bertz CT molecular complexity index is 406. The molecule has 0 amide bonds. The topological polar surface area (TPSA) is 66.4 Å². The SMILES string of the molecule is CC(Nc1ccc(Cl)cc1)S(=O)(=O)O.[Na]. The van der Waals surface area contributed by atoms with Gasteiger partial charge in [0.2, 0.25) is 0 Å². The molecule has 0 spiro atoms. The first-order chi connectivity index (χ1) is 6.39. The molecule has 1 aromatic carbocycles. The number of nitrogens with one attached hydrogen (secondary N) is 1. The van der Waals surface area contributed by atoms with Crippen molar-refractivity contribution in [1.29, 1.82) is 0 Å². The molecule has 2 N–H and O–H groups in total. The van der Waals surface area contributed by atoms with Gasteiger partial charge < -0.3 is 5.32 Å². The van der Waals surface area contributed by atoms with E-state index in [0.717, 1.165) is 0 Å². The molecule has 0 aliphatic heterocycles. The first-order valence-electron chi connectivity index (χ1n) is 3.88. The van der Waals surface area contributed by atoms with Crippen LogP contribution in [0.15, 0.2) is 24.3 Å². The van der Waals surface area contributed by atoms with Gasteiger partial charge in [-0.2, -0.15) is 8.42 Å². The molecule has 0 aliphatic rings. The molecule has 0 saturated carbocycles. The van der Waals surface area contributed by atoms with Gasteiger partial charge in [-0.1, -0.05) is 11.6 Å². The van der Waals surface area contributed by atoms with Crippen LogP contribution >= 0.6 is 11.6 Å². The fourth-order valence-electron chi connectivity index (χ4n) is 0.855. The monoisotopic (exact) mass is 258 g/mol. The van der Waals surface area contributed by atoms with E-state index in [9.17, 15) is 8.42 Å². The zero-order valence-electron chi connectivity index (χ0n) is 8.44. The zero-order valence-corrected chi connectivity index (χ0v) is 12.0. The molecule has 1 atom stereocenters. The molecule has 0 bridgehead atoms. The first kappa shape index (κ1) is 15.2. The quantitative estimate of drug-likeness (QED) is 0.638. The molecule has 1 unspecified atom stereocenters. The molecule has 1 aromatic rings. The smallest absolute Gasteiger partial charge is 0.285 e. The van der Waals surface area contributed by atoms with Gasteiger partial charge in [-0.25, -0.2) is 0 Å². The van der Waals surface area contributed by atoms with E-state index in [-0.39, 0.29) is 29.6 Å². The van der Waals surface area contributed by atoms with E-state index in [2.05, 4.69) is 5.32 Å². The third kappa shape index (κ3) is 5.19. The fraction of sp³-hybridized carbons (Fsp3) is 0.250. The van der Waals surface area contributed by atoms with Crippen molar-refractivity contribution in [3.8, 4) is 0 Å². The standard InChI is InChI=1S/C8H10ClNO3S.Na/c1-6(14(11,12)13)10-8-4-2-7(9)3-5-8;/h2-6,10H,1H3,(H,11,12,13);. The van der Waals surface area contributed by atoms with E-state index < -0.39 is 15.5 Å². The second-order valence-corrected chi connectivity index (χ2v) is 4.98. The predicted octanol–water partition coefficient (Wildman–Crippen LogP) is 1.60. The first-order valence-corrected chi connectivity index (χ1v) is 5.76. The number of hydrogen-bond acceptors (Lipinski definition) is 3. The molecule has 0 heterocycles. The second kappa shape index (κ2) is 6.08. The Kier molecular flexibility index (Phi) is 6.17. The van der Waals surface area contributed by atoms with Crippen LogP contribution in [0.1, 0.15) is 6.92 Å². The van der Waals surface area contributed by atoms with Crippen molar-refractivity contribution in [2.24, 2.45) is 0 Å². The zero-order chi connectivity index (χ0) is 10.8. The maximum Gasteiger partial charge on any atom is 0.285 e. The van der Waals surface area contributed by atoms with E-state index in [0.29, 0.717) is 10.7 Å². The van der Waals surface area contributed by atoms with E-state index >= 15 is 0 Å². The van der Waals surface area contributed by atoms with Gasteiger partial charge in [-0.3, -0.25) is 4.55 Å². The van der Waals surface area contributed by atoms with Gasteiger partial charge in [0.05, 0.1) is 0 Å². The molecule has 1 rings (SSSR count). The Morgan fingerprint density at radius 2 is 1.80 bits per heavy atom. The normalized spacial score (nSPS) is 12.7. The summed E-state index contributed by atoms with van der Waals surface area (Å²) < 4.78 is 30.0. The molecular weight excluding hydrogens is 249 g/mol. The van der Waals surface area contributed by atoms with Crippen LogP contribution in [0.2, 0.25) is 5.02 Å². The Morgan fingerprint density at radius 1 is 1.33 bits per heavy atom. The van der Waals surface area contributed by atoms with E-state index in [1.54, 1.807) is 24.3 Å². The van der Waals surface area contributed by atoms with Crippen molar-refractivity contribution >= 4 is 57.0 Å². The maximum atomic E-state index is 10.7. The minimum Gasteiger partial charge on any atom is -0.367 e. The number of halogens is 1. The number of hydrogen-bond donors (Lipinski definition) is 2. The molecule has 0 aromatic heterocycles. The number of anilines is 1. The van der Waals surface area contributed by atoms with Crippen LogP contribution in [0.25, 0.3) is 0 Å². The van der Waals surface area contributed by atoms with Gasteiger partial charge in [-0.15, -0.1) is 0 Å². The fourth-order valence-corrected chi connectivity index (χ4v) is 1.27. The van der Waals surface area contributed by atoms with E-state index in [1.807, 2.05) is 0 Å². The third-order valence-corrected chi connectivity index (χ3v) is 2.92. The molecule has 0 aliphatic carbocycles. The van der Waals surface area contributed by atoms with Gasteiger partial charge in [-0.05, 0) is 31.2 Å². The summed E-state index contributed by atoms with van der Waals surface area (Å²) in [6, 6.07) is 6.51. The summed E-state index contributed by atoms with van der Waals surface area (Å²) in [4.78, 5) is 0. The summed E-state index contributed by atoms with van der Waals surface area (Å²) in [6.45, 7) is 1.35. The predicted molar refractivity (Wildman–Crippen MR) is 61.8 cm³/mol. The molecule has 7 heteroatoms. The van der Waals surface area contributed by atoms with Crippen LogP contribution in [-0.4, -0.2) is 47.9 Å². The Labute approximate surface area is 116 Å². The summed E-state index contributed by atoms with van der Waals surface area (Å²) in [5.41, 5.74) is 0.583. The van der Waals surface area contributed by atoms with Crippen molar-refractivity contribution in [2.75, 3.05) is 5.32 Å². The summed E-state index contributed by atoms with van der Waals surface area (Å²) in [5.74, 6) is 0. The summed E-state index contributed by atoms with van der Waals surface area (Å²) in [6.07, 6.45) is 0. The van der Waals surface area contributed by atoms with Crippen molar-refractivity contribution in [1.82, 2.24) is 0 Å². The summed E-state index contributed by atoms with van der Waals surface area (Å²) in [5, 5.41) is 2.14. The molecule has 1 radical (unpaired) electrons. The van der Waals surface area contributed by atoms with Gasteiger partial charge in [0.15, 0.2) is 5.37 Å². The average Bonchev–Trinajstić information content (AvgIpc) is 2.07. The molecule has 0 saturated heterocycles. The molecular formula is C8H10ClNNaO3S. The van der Waals surface area contributed by atoms with Crippen LogP contribution in [0.4, 0.5) is 5.69 Å². The number of benzene rings is 1. The molecule has 0 fully saturated rings. The van der Waals surface area contributed by atoms with E-state index in [1.165, 1.54) is 6.92 Å². The van der Waals surface area contributed by atoms with Gasteiger partial charge in [0.1, 0.15) is 0 Å². The van der Waals surface area contributed by atoms with Gasteiger partial charge in [0.25, 0.3) is 10.1 Å². The van der Waals surface area contributed by atoms with Crippen molar-refractivity contribution in [3.05, 3.63) is 29.3 Å². The summed E-state index contributed by atoms with van der Waals surface area (Å²) >= 11 is 5.64. The molecule has 15 heavy (non-hydrogen) atoms. The van der Waals surface area contributed by atoms with Crippen LogP contribution < -0.4 is 5.32 Å². The van der Waals surface area contributed by atoms with Crippen LogP contribution in [-0.2, 0) is 10.1 Å². The largest absolute Gasteiger partial charge is 0.367 e. The van der Waals surface area contributed by atoms with Gasteiger partial charge >= 0.3 is 0 Å². The van der Waals surface area contributed by atoms with Crippen molar-refractivity contribution in [3.63, 3.8) is 0 Å². The minimum absolute atomic E-state index is 0. The van der Waals surface area contributed by atoms with Crippen LogP contribution in [0.5, 0.6) is 0 Å².